The van der Waals surface area contributed by atoms with Crippen molar-refractivity contribution in [2.75, 3.05) is 47.2 Å². The van der Waals surface area contributed by atoms with Crippen molar-refractivity contribution in [3.05, 3.63) is 69.7 Å². The largest absolute Gasteiger partial charge is 0.368 e. The SMILES string of the molecule is N#Cc1cc(Nc2ccc3c(n2)SCN(c2c(Cl)cccc2Cl)C3=O)ccc1N1CCNCC1. The van der Waals surface area contributed by atoms with Gasteiger partial charge in [-0.25, -0.2) is 4.98 Å². The summed E-state index contributed by atoms with van der Waals surface area (Å²) in [5, 5.41) is 17.8. The third kappa shape index (κ3) is 4.40. The minimum absolute atomic E-state index is 0.199. The van der Waals surface area contributed by atoms with Crippen molar-refractivity contribution in [2.45, 2.75) is 5.03 Å². The number of thioether (sulfide) groups is 1. The summed E-state index contributed by atoms with van der Waals surface area (Å²) < 4.78 is 0. The van der Waals surface area contributed by atoms with Crippen molar-refractivity contribution >= 4 is 63.8 Å². The molecule has 1 aromatic heterocycles. The Labute approximate surface area is 211 Å². The van der Waals surface area contributed by atoms with E-state index in [-0.39, 0.29) is 5.91 Å². The number of piperazine rings is 1. The molecule has 0 radical (unpaired) electrons. The fourth-order valence-corrected chi connectivity index (χ4v) is 5.63. The minimum atomic E-state index is -0.199. The lowest BCUT2D eigenvalue weighted by atomic mass is 10.1. The summed E-state index contributed by atoms with van der Waals surface area (Å²) in [5.41, 5.74) is 3.31. The molecule has 1 fully saturated rings. The zero-order valence-corrected chi connectivity index (χ0v) is 20.3. The van der Waals surface area contributed by atoms with Gasteiger partial charge >= 0.3 is 0 Å². The number of hydrogen-bond acceptors (Lipinski definition) is 7. The number of halogens is 2. The van der Waals surface area contributed by atoms with Gasteiger partial charge in [-0.05, 0) is 42.5 Å². The van der Waals surface area contributed by atoms with Crippen LogP contribution in [0.25, 0.3) is 0 Å². The predicted octanol–water partition coefficient (Wildman–Crippen LogP) is 5.12. The van der Waals surface area contributed by atoms with Crippen LogP contribution in [0.3, 0.4) is 0 Å². The standard InChI is InChI=1S/C24H20Cl2N6OS/c25-18-2-1-3-19(26)22(18)32-14-34-23-17(24(32)33)5-7-21(30-23)29-16-4-6-20(15(12-16)13-27)31-10-8-28-9-11-31/h1-7,12,28H,8-11,14H2,(H,29,30). The third-order valence-corrected chi connectivity index (χ3v) is 7.30. The summed E-state index contributed by atoms with van der Waals surface area (Å²) in [6, 6.07) is 16.7. The van der Waals surface area contributed by atoms with Gasteiger partial charge in [0.1, 0.15) is 16.9 Å². The van der Waals surface area contributed by atoms with Crippen molar-refractivity contribution in [1.29, 1.82) is 5.26 Å². The maximum atomic E-state index is 13.2. The Kier molecular flexibility index (Phi) is 6.53. The first-order valence-electron chi connectivity index (χ1n) is 10.7. The zero-order valence-electron chi connectivity index (χ0n) is 18.0. The minimum Gasteiger partial charge on any atom is -0.368 e. The average Bonchev–Trinajstić information content (AvgIpc) is 2.85. The molecule has 10 heteroatoms. The molecular formula is C24H20Cl2N6OS. The van der Waals surface area contributed by atoms with Crippen LogP contribution in [0.2, 0.25) is 10.0 Å². The Morgan fingerprint density at radius 1 is 1.09 bits per heavy atom. The van der Waals surface area contributed by atoms with E-state index >= 15 is 0 Å². The molecular weight excluding hydrogens is 491 g/mol. The highest BCUT2D eigenvalue weighted by Crippen LogP contribution is 2.40. The summed E-state index contributed by atoms with van der Waals surface area (Å²) in [7, 11) is 0. The topological polar surface area (TPSA) is 84.3 Å². The number of pyridine rings is 1. The number of carbonyl (C=O) groups is 1. The number of nitrogens with zero attached hydrogens (tertiary/aromatic N) is 4. The lowest BCUT2D eigenvalue weighted by Gasteiger charge is -2.30. The van der Waals surface area contributed by atoms with Gasteiger partial charge in [0.15, 0.2) is 0 Å². The second kappa shape index (κ2) is 9.72. The number of anilines is 4. The molecule has 0 bridgehead atoms. The Morgan fingerprint density at radius 3 is 2.59 bits per heavy atom. The van der Waals surface area contributed by atoms with Crippen LogP contribution in [-0.2, 0) is 0 Å². The molecule has 34 heavy (non-hydrogen) atoms. The van der Waals surface area contributed by atoms with Gasteiger partial charge in [0.05, 0.1) is 38.4 Å². The van der Waals surface area contributed by atoms with E-state index in [9.17, 15) is 10.1 Å². The second-order valence-electron chi connectivity index (χ2n) is 7.83. The molecule has 2 aliphatic heterocycles. The van der Waals surface area contributed by atoms with Crippen LogP contribution < -0.4 is 20.4 Å². The highest BCUT2D eigenvalue weighted by Gasteiger charge is 2.30. The number of amides is 1. The van der Waals surface area contributed by atoms with Gasteiger partial charge in [-0.3, -0.25) is 9.69 Å². The zero-order chi connectivity index (χ0) is 23.7. The molecule has 1 amide bonds. The van der Waals surface area contributed by atoms with Gasteiger partial charge in [-0.2, -0.15) is 5.26 Å². The average molecular weight is 511 g/mol. The van der Waals surface area contributed by atoms with Crippen LogP contribution in [0.5, 0.6) is 0 Å². The first-order valence-corrected chi connectivity index (χ1v) is 12.5. The first-order chi connectivity index (χ1) is 16.5. The molecule has 0 atom stereocenters. The van der Waals surface area contributed by atoms with E-state index in [2.05, 4.69) is 26.6 Å². The van der Waals surface area contributed by atoms with E-state index in [1.807, 2.05) is 18.2 Å². The number of rotatable bonds is 4. The maximum absolute atomic E-state index is 13.2. The summed E-state index contributed by atoms with van der Waals surface area (Å²) in [6.45, 7) is 3.55. The van der Waals surface area contributed by atoms with E-state index in [1.165, 1.54) is 11.8 Å². The highest BCUT2D eigenvalue weighted by atomic mass is 35.5. The number of benzene rings is 2. The van der Waals surface area contributed by atoms with Gasteiger partial charge in [0.2, 0.25) is 0 Å². The summed E-state index contributed by atoms with van der Waals surface area (Å²) in [5.74, 6) is 0.751. The Morgan fingerprint density at radius 2 is 1.85 bits per heavy atom. The second-order valence-corrected chi connectivity index (χ2v) is 9.58. The van der Waals surface area contributed by atoms with Crippen LogP contribution in [-0.4, -0.2) is 42.9 Å². The van der Waals surface area contributed by atoms with Gasteiger partial charge in [0.25, 0.3) is 5.91 Å². The molecule has 1 saturated heterocycles. The third-order valence-electron chi connectivity index (χ3n) is 5.72. The summed E-state index contributed by atoms with van der Waals surface area (Å²) >= 11 is 14.1. The smallest absolute Gasteiger partial charge is 0.261 e. The number of carbonyl (C=O) groups excluding carboxylic acids is 1. The Bertz CT molecular complexity index is 1280. The maximum Gasteiger partial charge on any atom is 0.261 e. The lowest BCUT2D eigenvalue weighted by molar-refractivity contribution is 0.0986. The lowest BCUT2D eigenvalue weighted by Crippen LogP contribution is -2.43. The molecule has 0 unspecified atom stereocenters. The van der Waals surface area contributed by atoms with E-state index in [0.717, 1.165) is 37.6 Å². The van der Waals surface area contributed by atoms with Gasteiger partial charge in [0, 0.05) is 31.9 Å². The van der Waals surface area contributed by atoms with Crippen LogP contribution in [0.1, 0.15) is 15.9 Å². The number of nitrogens with one attached hydrogen (secondary N) is 2. The first kappa shape index (κ1) is 22.8. The molecule has 2 aromatic carbocycles. The molecule has 7 nitrogen and oxygen atoms in total. The van der Waals surface area contributed by atoms with Crippen molar-refractivity contribution < 1.29 is 4.79 Å². The van der Waals surface area contributed by atoms with E-state index < -0.39 is 0 Å². The molecule has 0 saturated carbocycles. The number of aromatic nitrogens is 1. The Balaban J connectivity index is 1.37. The van der Waals surface area contributed by atoms with Crippen molar-refractivity contribution in [3.63, 3.8) is 0 Å². The predicted molar refractivity (Wildman–Crippen MR) is 138 cm³/mol. The molecule has 3 heterocycles. The van der Waals surface area contributed by atoms with E-state index in [1.54, 1.807) is 35.2 Å². The van der Waals surface area contributed by atoms with Crippen LogP contribution in [0.15, 0.2) is 53.6 Å². The highest BCUT2D eigenvalue weighted by molar-refractivity contribution is 7.99. The van der Waals surface area contributed by atoms with Crippen LogP contribution >= 0.6 is 35.0 Å². The molecule has 3 aromatic rings. The molecule has 0 spiro atoms. The molecule has 5 rings (SSSR count). The van der Waals surface area contributed by atoms with E-state index in [0.29, 0.717) is 43.6 Å². The number of para-hydroxylation sites is 1. The summed E-state index contributed by atoms with van der Waals surface area (Å²) in [6.07, 6.45) is 0. The normalized spacial score (nSPS) is 15.6. The monoisotopic (exact) mass is 510 g/mol. The van der Waals surface area contributed by atoms with E-state index in [4.69, 9.17) is 23.2 Å². The van der Waals surface area contributed by atoms with Crippen molar-refractivity contribution in [1.82, 2.24) is 10.3 Å². The van der Waals surface area contributed by atoms with Crippen molar-refractivity contribution in [2.24, 2.45) is 0 Å². The molecule has 0 aliphatic carbocycles. The van der Waals surface area contributed by atoms with Crippen LogP contribution in [0.4, 0.5) is 22.9 Å². The fraction of sp³-hybridized carbons (Fsp3) is 0.208. The quantitative estimate of drug-likeness (QED) is 0.503. The van der Waals surface area contributed by atoms with Gasteiger partial charge < -0.3 is 15.5 Å². The van der Waals surface area contributed by atoms with Gasteiger partial charge in [-0.1, -0.05) is 41.0 Å². The van der Waals surface area contributed by atoms with Crippen LogP contribution in [0, 0.1) is 11.3 Å². The molecule has 172 valence electrons. The van der Waals surface area contributed by atoms with Crippen molar-refractivity contribution in [3.8, 4) is 6.07 Å². The molecule has 2 aliphatic rings. The number of fused-ring (bicyclic) bond motifs is 1. The number of hydrogen-bond donors (Lipinski definition) is 2. The number of nitriles is 1. The summed E-state index contributed by atoms with van der Waals surface area (Å²) in [4.78, 5) is 21.6. The van der Waals surface area contributed by atoms with Gasteiger partial charge in [-0.15, -0.1) is 0 Å². The Hall–Kier alpha value is -2.96. The molecule has 2 N–H and O–H groups in total. The fourth-order valence-electron chi connectivity index (χ4n) is 4.06.